The zero-order chi connectivity index (χ0) is 19.5. The second-order valence-corrected chi connectivity index (χ2v) is 9.48. The first-order valence-corrected chi connectivity index (χ1v) is 10.8. The molecule has 152 valence electrons. The van der Waals surface area contributed by atoms with Crippen molar-refractivity contribution in [2.75, 3.05) is 38.8 Å². The van der Waals surface area contributed by atoms with Crippen LogP contribution in [-0.2, 0) is 14.9 Å². The number of carbonyl (C=O) groups excluding carboxylic acids is 1. The Hall–Kier alpha value is -2.05. The molecule has 0 radical (unpaired) electrons. The molecule has 0 aromatic heterocycles. The van der Waals surface area contributed by atoms with Crippen molar-refractivity contribution in [3.8, 4) is 11.5 Å². The molecule has 1 amide bonds. The molecule has 2 bridgehead atoms. The van der Waals surface area contributed by atoms with E-state index in [1.54, 1.807) is 19.8 Å². The highest BCUT2D eigenvalue weighted by Gasteiger charge is 2.71. The van der Waals surface area contributed by atoms with Crippen LogP contribution in [0.3, 0.4) is 0 Å². The third-order valence-electron chi connectivity index (χ3n) is 8.81. The number of carbonyl (C=O) groups is 1. The summed E-state index contributed by atoms with van der Waals surface area (Å²) >= 11 is 0. The molecule has 5 aliphatic heterocycles. The van der Waals surface area contributed by atoms with Crippen molar-refractivity contribution in [2.45, 2.75) is 42.9 Å². The van der Waals surface area contributed by atoms with Crippen LogP contribution in [0.15, 0.2) is 23.8 Å². The quantitative estimate of drug-likeness (QED) is 0.719. The van der Waals surface area contributed by atoms with Gasteiger partial charge in [-0.1, -0.05) is 11.6 Å². The predicted octanol–water partition coefficient (Wildman–Crippen LogP) is 2.11. The summed E-state index contributed by atoms with van der Waals surface area (Å²) in [5, 5.41) is 0. The van der Waals surface area contributed by atoms with E-state index in [4.69, 9.17) is 14.2 Å². The fourth-order valence-corrected chi connectivity index (χ4v) is 7.87. The Bertz CT molecular complexity index is 974. The Morgan fingerprint density at radius 2 is 2.03 bits per heavy atom. The van der Waals surface area contributed by atoms with Crippen LogP contribution in [-0.4, -0.2) is 62.9 Å². The van der Waals surface area contributed by atoms with E-state index in [9.17, 15) is 4.79 Å². The number of ether oxygens (including phenoxy) is 3. The molecule has 1 aromatic carbocycles. The zero-order valence-corrected chi connectivity index (χ0v) is 16.9. The smallest absolute Gasteiger partial charge is 0.229 e. The Morgan fingerprint density at radius 1 is 1.21 bits per heavy atom. The van der Waals surface area contributed by atoms with Gasteiger partial charge < -0.3 is 19.1 Å². The summed E-state index contributed by atoms with van der Waals surface area (Å²) in [5.74, 6) is 2.57. The van der Waals surface area contributed by atoms with Gasteiger partial charge in [-0.05, 0) is 36.9 Å². The molecule has 29 heavy (non-hydrogen) atoms. The number of rotatable bonds is 2. The van der Waals surface area contributed by atoms with Gasteiger partial charge in [0.05, 0.1) is 45.1 Å². The van der Waals surface area contributed by atoms with Crippen LogP contribution >= 0.6 is 0 Å². The Kier molecular flexibility index (Phi) is 3.08. The predicted molar refractivity (Wildman–Crippen MR) is 107 cm³/mol. The van der Waals surface area contributed by atoms with E-state index in [1.807, 2.05) is 6.07 Å². The summed E-state index contributed by atoms with van der Waals surface area (Å²) in [5.41, 5.74) is 3.85. The van der Waals surface area contributed by atoms with Crippen molar-refractivity contribution < 1.29 is 19.0 Å². The molecule has 1 saturated carbocycles. The Balaban J connectivity index is 1.52. The second-order valence-electron chi connectivity index (χ2n) is 9.48. The average Bonchev–Trinajstić information content (AvgIpc) is 3.20. The molecule has 6 atom stereocenters. The van der Waals surface area contributed by atoms with Gasteiger partial charge in [0, 0.05) is 30.0 Å². The highest BCUT2D eigenvalue weighted by atomic mass is 16.5. The molecule has 6 aliphatic rings. The van der Waals surface area contributed by atoms with Gasteiger partial charge in [0.15, 0.2) is 11.5 Å². The Morgan fingerprint density at radius 3 is 2.86 bits per heavy atom. The monoisotopic (exact) mass is 394 g/mol. The highest BCUT2D eigenvalue weighted by Crippen LogP contribution is 2.66. The lowest BCUT2D eigenvalue weighted by Gasteiger charge is -2.58. The van der Waals surface area contributed by atoms with Gasteiger partial charge in [0.25, 0.3) is 0 Å². The minimum absolute atomic E-state index is 0.0242. The van der Waals surface area contributed by atoms with Crippen LogP contribution in [0.1, 0.15) is 24.8 Å². The molecular weight excluding hydrogens is 368 g/mol. The Labute approximate surface area is 170 Å². The number of anilines is 1. The largest absolute Gasteiger partial charge is 0.493 e. The van der Waals surface area contributed by atoms with E-state index in [0.717, 1.165) is 30.9 Å². The van der Waals surface area contributed by atoms with Gasteiger partial charge in [-0.25, -0.2) is 0 Å². The molecule has 6 nitrogen and oxygen atoms in total. The average molecular weight is 394 g/mol. The van der Waals surface area contributed by atoms with E-state index in [2.05, 4.69) is 21.9 Å². The lowest BCUT2D eigenvalue weighted by Crippen LogP contribution is -2.69. The summed E-state index contributed by atoms with van der Waals surface area (Å²) in [6.07, 6.45) is 5.11. The van der Waals surface area contributed by atoms with Crippen molar-refractivity contribution in [1.82, 2.24) is 4.90 Å². The molecule has 1 aliphatic carbocycles. The number of hydrogen-bond donors (Lipinski definition) is 0. The lowest BCUT2D eigenvalue weighted by atomic mass is 9.53. The first-order valence-electron chi connectivity index (χ1n) is 10.8. The van der Waals surface area contributed by atoms with Gasteiger partial charge in [-0.2, -0.15) is 0 Å². The molecule has 4 fully saturated rings. The van der Waals surface area contributed by atoms with E-state index >= 15 is 0 Å². The van der Waals surface area contributed by atoms with Crippen molar-refractivity contribution in [2.24, 2.45) is 11.8 Å². The van der Waals surface area contributed by atoms with Crippen LogP contribution in [0.25, 0.3) is 0 Å². The maximum Gasteiger partial charge on any atom is 0.229 e. The molecule has 5 heterocycles. The minimum atomic E-state index is -0.0242. The standard InChI is InChI=1S/C23H26N2O4/c1-27-16-8-14-15(9-17(16)28-2)25-20(26)10-18-21-13-7-19-23(14,22(21)25)4-5-24(19)11-12(13)3-6-29-18/h3,8-9,13,18-19,21-22H,4-7,10-11H2,1-2H3/t13-,18-,19+,21+,22-,23-/m0/s1. The topological polar surface area (TPSA) is 51.2 Å². The van der Waals surface area contributed by atoms with Crippen LogP contribution in [0.4, 0.5) is 5.69 Å². The molecule has 6 heteroatoms. The molecule has 0 unspecified atom stereocenters. The SMILES string of the molecule is COc1cc2c(cc1OC)[C@]13CCN4CC5=CCO[C@H]6CC(=O)N2[C@H]1[C@@H]6[C@H]5C[C@@H]43. The molecule has 1 spiro atoms. The van der Waals surface area contributed by atoms with Crippen LogP contribution in [0, 0.1) is 11.8 Å². The summed E-state index contributed by atoms with van der Waals surface area (Å²) in [6, 6.07) is 4.87. The number of amides is 1. The lowest BCUT2D eigenvalue weighted by molar-refractivity contribution is -0.132. The first-order chi connectivity index (χ1) is 14.2. The van der Waals surface area contributed by atoms with Gasteiger partial charge in [0.1, 0.15) is 0 Å². The maximum absolute atomic E-state index is 13.5. The van der Waals surface area contributed by atoms with Crippen molar-refractivity contribution in [3.05, 3.63) is 29.3 Å². The molecule has 3 saturated heterocycles. The third kappa shape index (κ3) is 1.76. The third-order valence-corrected chi connectivity index (χ3v) is 8.81. The number of fused-ring (bicyclic) bond motifs is 2. The fraction of sp³-hybridized carbons (Fsp3) is 0.609. The van der Waals surface area contributed by atoms with Crippen molar-refractivity contribution in [1.29, 1.82) is 0 Å². The van der Waals surface area contributed by atoms with Gasteiger partial charge >= 0.3 is 0 Å². The van der Waals surface area contributed by atoms with Crippen molar-refractivity contribution in [3.63, 3.8) is 0 Å². The van der Waals surface area contributed by atoms with Gasteiger partial charge in [0.2, 0.25) is 5.91 Å². The molecule has 1 aromatic rings. The van der Waals surface area contributed by atoms with Crippen LogP contribution in [0.2, 0.25) is 0 Å². The summed E-state index contributed by atoms with van der Waals surface area (Å²) in [6.45, 7) is 2.80. The molecule has 0 N–H and O–H groups in total. The fourth-order valence-electron chi connectivity index (χ4n) is 7.87. The number of methoxy groups -OCH3 is 2. The second kappa shape index (κ2) is 5.35. The van der Waals surface area contributed by atoms with Crippen molar-refractivity contribution >= 4 is 11.6 Å². The number of piperidine rings is 2. The normalized spacial score (nSPS) is 41.0. The number of benzene rings is 1. The van der Waals surface area contributed by atoms with Gasteiger partial charge in [-0.15, -0.1) is 0 Å². The van der Waals surface area contributed by atoms with E-state index in [1.165, 1.54) is 12.0 Å². The van der Waals surface area contributed by atoms with E-state index in [-0.39, 0.29) is 23.5 Å². The van der Waals surface area contributed by atoms with E-state index in [0.29, 0.717) is 36.7 Å². The first kappa shape index (κ1) is 16.7. The minimum Gasteiger partial charge on any atom is -0.493 e. The number of hydrogen-bond acceptors (Lipinski definition) is 5. The summed E-state index contributed by atoms with van der Waals surface area (Å²) < 4.78 is 17.6. The van der Waals surface area contributed by atoms with Gasteiger partial charge in [-0.3, -0.25) is 9.69 Å². The highest BCUT2D eigenvalue weighted by molar-refractivity contribution is 5.99. The number of nitrogens with zero attached hydrogens (tertiary/aromatic N) is 2. The van der Waals surface area contributed by atoms with Crippen LogP contribution in [0.5, 0.6) is 11.5 Å². The summed E-state index contributed by atoms with van der Waals surface area (Å²) in [4.78, 5) is 18.3. The van der Waals surface area contributed by atoms with E-state index < -0.39 is 0 Å². The zero-order valence-electron chi connectivity index (χ0n) is 16.9. The molecule has 7 rings (SSSR count). The maximum atomic E-state index is 13.5. The molecular formula is C23H26N2O4. The van der Waals surface area contributed by atoms with Crippen LogP contribution < -0.4 is 14.4 Å². The summed E-state index contributed by atoms with van der Waals surface area (Å²) in [7, 11) is 3.36.